The Balaban J connectivity index is 0.00000648. The molecule has 0 atom stereocenters. The van der Waals surface area contributed by atoms with E-state index in [4.69, 9.17) is 9.32 Å². The van der Waals surface area contributed by atoms with Crippen molar-refractivity contribution in [3.63, 3.8) is 0 Å². The molecule has 0 unspecified atom stereocenters. The zero-order chi connectivity index (χ0) is 26.8. The van der Waals surface area contributed by atoms with Gasteiger partial charge in [-0.2, -0.15) is 13.6 Å². The normalized spacial score (nSPS) is 12.1. The van der Waals surface area contributed by atoms with Gasteiger partial charge < -0.3 is 4.18 Å². The Kier molecular flexibility index (Phi) is 11.9. The van der Waals surface area contributed by atoms with Gasteiger partial charge in [0, 0.05) is 17.5 Å². The van der Waals surface area contributed by atoms with E-state index >= 15 is 0 Å². The summed E-state index contributed by atoms with van der Waals surface area (Å²) in [5.74, 6) is 0.921. The molecule has 0 bridgehead atoms. The topological polar surface area (TPSA) is 86.5 Å². The Bertz CT molecular complexity index is 1150. The standard InChI is InChI=1S/C29H43NO4S.Na.H/c1-16(2)21-13-24(18(5)6)26(25(14-21)19(7)8)15-27(31)23-12-11-22(17(3)4)29(28(23)20(9)10)34-35(30,32)33;;/h11-14,16-20H,15H2,1-10H3,(H2,30,32,33);;. The molecule has 2 rings (SSSR count). The number of Topliss-reactive ketones (excluding diaryl/α,β-unsaturated/α-hetero) is 1. The van der Waals surface area contributed by atoms with E-state index in [0.717, 1.165) is 5.56 Å². The van der Waals surface area contributed by atoms with E-state index in [2.05, 4.69) is 53.7 Å². The van der Waals surface area contributed by atoms with Crippen LogP contribution in [0.5, 0.6) is 5.75 Å². The van der Waals surface area contributed by atoms with Crippen molar-refractivity contribution in [3.8, 4) is 5.75 Å². The van der Waals surface area contributed by atoms with E-state index < -0.39 is 10.3 Å². The second-order valence-electron chi connectivity index (χ2n) is 11.1. The van der Waals surface area contributed by atoms with Crippen molar-refractivity contribution < 1.29 is 17.4 Å². The van der Waals surface area contributed by atoms with Gasteiger partial charge in [-0.05, 0) is 57.4 Å². The minimum atomic E-state index is -4.25. The molecule has 2 aromatic carbocycles. The van der Waals surface area contributed by atoms with Crippen LogP contribution >= 0.6 is 0 Å². The van der Waals surface area contributed by atoms with Crippen LogP contribution in [0.1, 0.15) is 143 Å². The third kappa shape index (κ3) is 7.91. The van der Waals surface area contributed by atoms with Crippen molar-refractivity contribution in [2.45, 2.75) is 105 Å². The van der Waals surface area contributed by atoms with Gasteiger partial charge in [-0.15, -0.1) is 0 Å². The summed E-state index contributed by atoms with van der Waals surface area (Å²) in [4.78, 5) is 13.9. The average molecular weight is 526 g/mol. The molecule has 7 heteroatoms. The van der Waals surface area contributed by atoms with Gasteiger partial charge in [-0.1, -0.05) is 93.5 Å². The number of ketones is 1. The zero-order valence-corrected chi connectivity index (χ0v) is 23.8. The first kappa shape index (κ1) is 32.8. The van der Waals surface area contributed by atoms with Crippen LogP contribution in [0.25, 0.3) is 0 Å². The second kappa shape index (κ2) is 13.1. The van der Waals surface area contributed by atoms with E-state index in [1.54, 1.807) is 6.07 Å². The molecule has 0 aliphatic rings. The van der Waals surface area contributed by atoms with Gasteiger partial charge in [0.25, 0.3) is 0 Å². The molecule has 0 spiro atoms. The summed E-state index contributed by atoms with van der Waals surface area (Å²) >= 11 is 0. The first-order valence-corrected chi connectivity index (χ1v) is 14.1. The van der Waals surface area contributed by atoms with E-state index in [9.17, 15) is 13.2 Å². The number of rotatable bonds is 10. The molecular formula is C29H44NNaO4S. The number of carbonyl (C=O) groups excluding carboxylic acids is 1. The van der Waals surface area contributed by atoms with Crippen LogP contribution in [0.3, 0.4) is 0 Å². The Morgan fingerprint density at radius 3 is 1.61 bits per heavy atom. The van der Waals surface area contributed by atoms with Gasteiger partial charge in [0.15, 0.2) is 11.5 Å². The van der Waals surface area contributed by atoms with Crippen molar-refractivity contribution >= 4 is 45.6 Å². The van der Waals surface area contributed by atoms with Gasteiger partial charge in [-0.25, -0.2) is 0 Å². The minimum absolute atomic E-state index is 0. The number of hydrogen-bond donors (Lipinski definition) is 1. The molecule has 0 aliphatic heterocycles. The summed E-state index contributed by atoms with van der Waals surface area (Å²) < 4.78 is 29.1. The average Bonchev–Trinajstić information content (AvgIpc) is 2.71. The summed E-state index contributed by atoms with van der Waals surface area (Å²) in [6.07, 6.45) is 0.245. The Morgan fingerprint density at radius 2 is 1.25 bits per heavy atom. The first-order valence-electron chi connectivity index (χ1n) is 12.6. The number of hydrogen-bond acceptors (Lipinski definition) is 4. The number of benzene rings is 2. The molecule has 0 aromatic heterocycles. The summed E-state index contributed by atoms with van der Waals surface area (Å²) in [6, 6.07) is 8.09. The maximum atomic E-state index is 13.9. The van der Waals surface area contributed by atoms with Crippen LogP contribution in [0.4, 0.5) is 0 Å². The first-order chi connectivity index (χ1) is 16.0. The van der Waals surface area contributed by atoms with Crippen molar-refractivity contribution in [1.29, 1.82) is 0 Å². The Morgan fingerprint density at radius 1 is 0.778 bits per heavy atom. The number of nitrogens with two attached hydrogens (primary N) is 1. The third-order valence-electron chi connectivity index (χ3n) is 6.52. The summed E-state index contributed by atoms with van der Waals surface area (Å²) in [7, 11) is -4.25. The summed E-state index contributed by atoms with van der Waals surface area (Å²) in [5, 5.41) is 5.27. The van der Waals surface area contributed by atoms with E-state index in [0.29, 0.717) is 22.6 Å². The van der Waals surface area contributed by atoms with E-state index in [1.165, 1.54) is 16.7 Å². The molecule has 0 saturated carbocycles. The fraction of sp³-hybridized carbons (Fsp3) is 0.552. The molecule has 0 heterocycles. The van der Waals surface area contributed by atoms with Gasteiger partial charge in [0.1, 0.15) is 0 Å². The fourth-order valence-electron chi connectivity index (χ4n) is 4.66. The quantitative estimate of drug-likeness (QED) is 0.277. The van der Waals surface area contributed by atoms with Crippen LogP contribution < -0.4 is 9.32 Å². The van der Waals surface area contributed by atoms with Crippen LogP contribution in [0, 0.1) is 0 Å². The van der Waals surface area contributed by atoms with Crippen molar-refractivity contribution in [1.82, 2.24) is 0 Å². The maximum absolute atomic E-state index is 13.9. The molecule has 0 radical (unpaired) electrons. The predicted molar refractivity (Wildman–Crippen MR) is 152 cm³/mol. The summed E-state index contributed by atoms with van der Waals surface area (Å²) in [6.45, 7) is 20.8. The number of carbonyl (C=O) groups is 1. The molecule has 0 saturated heterocycles. The van der Waals surface area contributed by atoms with Gasteiger partial charge in [-0.3, -0.25) is 4.79 Å². The molecule has 36 heavy (non-hydrogen) atoms. The second-order valence-corrected chi connectivity index (χ2v) is 12.2. The monoisotopic (exact) mass is 525 g/mol. The van der Waals surface area contributed by atoms with E-state index in [1.807, 2.05) is 33.8 Å². The molecule has 0 aliphatic carbocycles. The van der Waals surface area contributed by atoms with Crippen LogP contribution in [-0.4, -0.2) is 43.8 Å². The molecule has 5 nitrogen and oxygen atoms in total. The SMILES string of the molecule is CC(C)c1cc(C(C)C)c(CC(=O)c2ccc(C(C)C)c(OS(N)(=O)=O)c2C(C)C)c(C(C)C)c1.[NaH]. The van der Waals surface area contributed by atoms with Crippen LogP contribution in [-0.2, 0) is 16.7 Å². The molecule has 0 fully saturated rings. The molecule has 196 valence electrons. The Labute approximate surface area is 241 Å². The molecule has 0 amide bonds. The molecule has 2 N–H and O–H groups in total. The predicted octanol–water partition coefficient (Wildman–Crippen LogP) is 6.66. The van der Waals surface area contributed by atoms with Crippen LogP contribution in [0.15, 0.2) is 24.3 Å². The van der Waals surface area contributed by atoms with Crippen molar-refractivity contribution in [2.24, 2.45) is 5.14 Å². The van der Waals surface area contributed by atoms with Gasteiger partial charge >= 0.3 is 39.9 Å². The zero-order valence-electron chi connectivity index (χ0n) is 23.0. The van der Waals surface area contributed by atoms with Gasteiger partial charge in [0.05, 0.1) is 0 Å². The fourth-order valence-corrected chi connectivity index (χ4v) is 5.08. The van der Waals surface area contributed by atoms with E-state index in [-0.39, 0.29) is 71.2 Å². The molecule has 2 aromatic rings. The summed E-state index contributed by atoms with van der Waals surface area (Å²) in [5.41, 5.74) is 6.53. The third-order valence-corrected chi connectivity index (χ3v) is 6.91. The van der Waals surface area contributed by atoms with Crippen molar-refractivity contribution in [2.75, 3.05) is 0 Å². The molecular weight excluding hydrogens is 481 g/mol. The van der Waals surface area contributed by atoms with Gasteiger partial charge in [0.2, 0.25) is 0 Å². The Hall–Kier alpha value is -1.18. The van der Waals surface area contributed by atoms with Crippen LogP contribution in [0.2, 0.25) is 0 Å². The van der Waals surface area contributed by atoms with Crippen molar-refractivity contribution in [3.05, 3.63) is 63.2 Å².